The van der Waals surface area contributed by atoms with Gasteiger partial charge in [0, 0.05) is 25.4 Å². The van der Waals surface area contributed by atoms with E-state index in [1.54, 1.807) is 27.2 Å². The predicted molar refractivity (Wildman–Crippen MR) is 123 cm³/mol. The fraction of sp³-hybridized carbons (Fsp3) is 0.458. The quantitative estimate of drug-likeness (QED) is 0.141. The number of quaternary nitrogens is 1. The Labute approximate surface area is 219 Å². The van der Waals surface area contributed by atoms with Crippen molar-refractivity contribution in [2.24, 2.45) is 17.6 Å². The first-order valence-corrected chi connectivity index (χ1v) is 11.0. The van der Waals surface area contributed by atoms with Gasteiger partial charge in [-0.25, -0.2) is 0 Å². The van der Waals surface area contributed by atoms with Crippen LogP contribution in [0.15, 0.2) is 29.0 Å². The molecule has 1 saturated carbocycles. The summed E-state index contributed by atoms with van der Waals surface area (Å²) < 4.78 is -0.0266. The molecule has 10 nitrogen and oxygen atoms in total. The number of benzene rings is 1. The number of carbonyl (C=O) groups is 3. The molecule has 35 heavy (non-hydrogen) atoms. The molecule has 4 rings (SSSR count). The van der Waals surface area contributed by atoms with Gasteiger partial charge in [-0.15, -0.1) is 0 Å². The summed E-state index contributed by atoms with van der Waals surface area (Å²) in [7, 11) is 8.70. The number of anilines is 1. The number of amides is 1. The third-order valence-corrected chi connectivity index (χ3v) is 7.34. The van der Waals surface area contributed by atoms with Gasteiger partial charge in [-0.1, -0.05) is 0 Å². The van der Waals surface area contributed by atoms with Crippen LogP contribution in [0.2, 0.25) is 0 Å². The fourth-order valence-electron chi connectivity index (χ4n) is 5.94. The van der Waals surface area contributed by atoms with Gasteiger partial charge in [0.15, 0.2) is 11.6 Å². The number of likely N-dealkylation sites (N-methyl/N-ethyl adjacent to an activating group) is 1. The van der Waals surface area contributed by atoms with Crippen molar-refractivity contribution in [3.05, 3.63) is 40.2 Å². The van der Waals surface area contributed by atoms with Crippen LogP contribution in [0.3, 0.4) is 0 Å². The number of rotatable bonds is 3. The van der Waals surface area contributed by atoms with Crippen LogP contribution in [0, 0.1) is 11.8 Å². The number of nitrogens with two attached hydrogens (primary N) is 1. The number of phenolic OH excluding ortho intramolecular Hbond substituents is 1. The number of nitrogens with zero attached hydrogens (tertiary/aromatic N) is 2. The zero-order valence-corrected chi connectivity index (χ0v) is 22.3. The Morgan fingerprint density at radius 3 is 2.26 bits per heavy atom. The van der Waals surface area contributed by atoms with E-state index < -0.39 is 58.0 Å². The van der Waals surface area contributed by atoms with Crippen molar-refractivity contribution in [1.82, 2.24) is 0 Å². The van der Waals surface area contributed by atoms with Crippen LogP contribution in [-0.2, 0) is 20.8 Å². The highest BCUT2D eigenvalue weighted by atomic mass is 127. The van der Waals surface area contributed by atoms with Crippen molar-refractivity contribution >= 4 is 28.9 Å². The molecule has 0 aliphatic heterocycles. The summed E-state index contributed by atoms with van der Waals surface area (Å²) in [6.45, 7) is 0. The molecule has 0 spiro atoms. The van der Waals surface area contributed by atoms with Crippen LogP contribution >= 0.6 is 0 Å². The second-order valence-corrected chi connectivity index (χ2v) is 10.5. The van der Waals surface area contributed by atoms with E-state index in [1.807, 2.05) is 19.0 Å². The number of carbonyl (C=O) groups excluding carboxylic acids is 3. The molecule has 1 aromatic rings. The molecule has 0 bridgehead atoms. The number of ketones is 2. The molecular weight excluding hydrogens is 569 g/mol. The van der Waals surface area contributed by atoms with Crippen LogP contribution in [0.1, 0.15) is 17.5 Å². The Morgan fingerprint density at radius 2 is 1.74 bits per heavy atom. The summed E-state index contributed by atoms with van der Waals surface area (Å²) in [5, 5.41) is 44.2. The Morgan fingerprint density at radius 1 is 1.14 bits per heavy atom. The van der Waals surface area contributed by atoms with Gasteiger partial charge in [-0.05, 0) is 36.5 Å². The molecule has 1 amide bonds. The summed E-state index contributed by atoms with van der Waals surface area (Å²) in [6.07, 6.45) is 0.339. The number of fused-ring (bicyclic) bond motifs is 3. The highest BCUT2D eigenvalue weighted by molar-refractivity contribution is 6.24. The van der Waals surface area contributed by atoms with Gasteiger partial charge in [-0.2, -0.15) is 0 Å². The van der Waals surface area contributed by atoms with Crippen LogP contribution < -0.4 is 34.6 Å². The summed E-state index contributed by atoms with van der Waals surface area (Å²) in [6, 6.07) is 2.07. The normalized spacial score (nSPS) is 28.1. The van der Waals surface area contributed by atoms with Gasteiger partial charge in [0.05, 0.1) is 32.6 Å². The van der Waals surface area contributed by atoms with Gasteiger partial charge >= 0.3 is 0 Å². The maximum atomic E-state index is 13.8. The lowest BCUT2D eigenvalue weighted by atomic mass is 9.57. The summed E-state index contributed by atoms with van der Waals surface area (Å²) in [5.41, 5.74) is 3.24. The molecule has 3 aliphatic rings. The predicted octanol–water partition coefficient (Wildman–Crippen LogP) is -2.82. The van der Waals surface area contributed by atoms with E-state index in [9.17, 15) is 34.8 Å². The van der Waals surface area contributed by atoms with Gasteiger partial charge < -0.3 is 59.5 Å². The first-order valence-electron chi connectivity index (χ1n) is 11.0. The maximum absolute atomic E-state index is 13.8. The van der Waals surface area contributed by atoms with Crippen molar-refractivity contribution < 1.29 is 63.3 Å². The summed E-state index contributed by atoms with van der Waals surface area (Å²) in [5.74, 6) is -6.45. The van der Waals surface area contributed by atoms with Crippen molar-refractivity contribution in [3.8, 4) is 5.75 Å². The number of aliphatic hydroxyl groups excluding tert-OH is 2. The smallest absolute Gasteiger partial charge is 0.256 e. The molecule has 0 heterocycles. The molecule has 0 aromatic heterocycles. The van der Waals surface area contributed by atoms with E-state index in [0.717, 1.165) is 5.69 Å². The van der Waals surface area contributed by atoms with Crippen molar-refractivity contribution in [2.45, 2.75) is 24.5 Å². The SMILES string of the molecule is CN(C)c1ccc(O)c2c1C[C@H]1C[C@H]3[C@H]([N+](C)(C)C)C(=O)C(C(N)=O)=C(O)[C@@]3(O)C(=O)C1=C2O.[I-]. The zero-order chi connectivity index (χ0) is 25.5. The molecule has 4 atom stereocenters. The largest absolute Gasteiger partial charge is 1.00 e. The second kappa shape index (κ2) is 8.49. The Bertz CT molecular complexity index is 1210. The molecule has 1 fully saturated rings. The first kappa shape index (κ1) is 27.0. The fourth-order valence-corrected chi connectivity index (χ4v) is 5.94. The number of primary amides is 1. The number of hydrogen-bond acceptors (Lipinski definition) is 8. The second-order valence-electron chi connectivity index (χ2n) is 10.5. The summed E-state index contributed by atoms with van der Waals surface area (Å²) >= 11 is 0. The standard InChI is InChI=1S/C24H29N3O7.HI/c1-26(2)13-6-7-14(28)16-11(13)8-10-9-12-18(27(3,4)5)20(30)17(23(25)33)22(32)24(12,34)21(31)15(10)19(16)29;/h6-7,10,12,18,34H,8-9H2,1-5H3,(H4-,25,28,29,30,31,32,33);1H/t10-,12-,18-,24-;/m0./s1. The zero-order valence-electron chi connectivity index (χ0n) is 20.2. The third-order valence-electron chi connectivity index (χ3n) is 7.34. The number of halogens is 1. The van der Waals surface area contributed by atoms with Gasteiger partial charge in [0.25, 0.3) is 5.91 Å². The number of Topliss-reactive ketones (excluding diaryl/α,β-unsaturated/α-hetero) is 2. The number of aliphatic hydroxyl groups is 3. The van der Waals surface area contributed by atoms with Crippen molar-refractivity contribution in [2.75, 3.05) is 40.1 Å². The van der Waals surface area contributed by atoms with Gasteiger partial charge in [0.2, 0.25) is 11.6 Å². The molecule has 11 heteroatoms. The lowest BCUT2D eigenvalue weighted by Gasteiger charge is -2.51. The average Bonchev–Trinajstić information content (AvgIpc) is 2.69. The molecule has 0 saturated heterocycles. The first-order chi connectivity index (χ1) is 15.6. The minimum Gasteiger partial charge on any atom is -1.00 e. The lowest BCUT2D eigenvalue weighted by Crippen LogP contribution is -3.00. The Balaban J connectivity index is 0.00000342. The molecular formula is C24H30IN3O7. The molecule has 1 aromatic carbocycles. The van der Waals surface area contributed by atoms with E-state index in [2.05, 4.69) is 0 Å². The number of phenols is 1. The number of aromatic hydroxyl groups is 1. The maximum Gasteiger partial charge on any atom is 0.256 e. The molecule has 190 valence electrons. The minimum absolute atomic E-state index is 0. The van der Waals surface area contributed by atoms with E-state index in [0.29, 0.717) is 5.56 Å². The average molecular weight is 599 g/mol. The highest BCUT2D eigenvalue weighted by Gasteiger charge is 2.66. The van der Waals surface area contributed by atoms with Crippen LogP contribution in [0.4, 0.5) is 5.69 Å². The Kier molecular flexibility index (Phi) is 6.54. The molecule has 0 radical (unpaired) electrons. The van der Waals surface area contributed by atoms with Crippen LogP contribution in [-0.4, -0.2) is 89.3 Å². The van der Waals surface area contributed by atoms with E-state index in [1.165, 1.54) is 6.07 Å². The van der Waals surface area contributed by atoms with E-state index >= 15 is 0 Å². The Hall–Kier alpha value is -2.64. The van der Waals surface area contributed by atoms with Crippen LogP contribution in [0.5, 0.6) is 5.75 Å². The monoisotopic (exact) mass is 599 g/mol. The van der Waals surface area contributed by atoms with Crippen LogP contribution in [0.25, 0.3) is 5.76 Å². The lowest BCUT2D eigenvalue weighted by molar-refractivity contribution is -0.891. The van der Waals surface area contributed by atoms with Crippen molar-refractivity contribution in [3.63, 3.8) is 0 Å². The van der Waals surface area contributed by atoms with E-state index in [4.69, 9.17) is 5.73 Å². The topological polar surface area (TPSA) is 161 Å². The molecule has 6 N–H and O–H groups in total. The van der Waals surface area contributed by atoms with E-state index in [-0.39, 0.29) is 58.2 Å². The molecule has 0 unspecified atom stereocenters. The van der Waals surface area contributed by atoms with Gasteiger partial charge in [-0.3, -0.25) is 14.4 Å². The van der Waals surface area contributed by atoms with Gasteiger partial charge in [0.1, 0.15) is 22.8 Å². The van der Waals surface area contributed by atoms with Crippen molar-refractivity contribution in [1.29, 1.82) is 0 Å². The summed E-state index contributed by atoms with van der Waals surface area (Å²) in [4.78, 5) is 41.0. The molecule has 3 aliphatic carbocycles. The highest BCUT2D eigenvalue weighted by Crippen LogP contribution is 2.54. The third kappa shape index (κ3) is 3.62. The number of hydrogen-bond donors (Lipinski definition) is 5. The minimum atomic E-state index is -2.62.